The summed E-state index contributed by atoms with van der Waals surface area (Å²) in [5.74, 6) is 2.68. The van der Waals surface area contributed by atoms with Crippen molar-refractivity contribution >= 4 is 5.91 Å². The molecule has 0 radical (unpaired) electrons. The Morgan fingerprint density at radius 2 is 1.97 bits per heavy atom. The Kier molecular flexibility index (Phi) is 4.42. The molecule has 1 fully saturated rings. The number of rotatable bonds is 5. The van der Waals surface area contributed by atoms with Gasteiger partial charge in [0.2, 0.25) is 24.4 Å². The number of hydrogen-bond donors (Lipinski definition) is 0. The average Bonchev–Trinajstić information content (AvgIpc) is 3.48. The number of carbonyl (C=O) groups is 1. The molecule has 0 N–H and O–H groups in total. The van der Waals surface area contributed by atoms with Crippen molar-refractivity contribution in [3.63, 3.8) is 0 Å². The lowest BCUT2D eigenvalue weighted by Gasteiger charge is -2.21. The van der Waals surface area contributed by atoms with E-state index >= 15 is 0 Å². The molecule has 2 unspecified atom stereocenters. The summed E-state index contributed by atoms with van der Waals surface area (Å²) in [4.78, 5) is 19.0. The van der Waals surface area contributed by atoms with Gasteiger partial charge in [-0.3, -0.25) is 4.79 Å². The van der Waals surface area contributed by atoms with Gasteiger partial charge in [-0.25, -0.2) is 0 Å². The molecule has 7 heteroatoms. The van der Waals surface area contributed by atoms with Crippen LogP contribution in [0.25, 0.3) is 11.4 Å². The van der Waals surface area contributed by atoms with Gasteiger partial charge < -0.3 is 18.9 Å². The highest BCUT2D eigenvalue weighted by Crippen LogP contribution is 2.36. The minimum Gasteiger partial charge on any atom is -0.454 e. The highest BCUT2D eigenvalue weighted by atomic mass is 16.7. The molecule has 3 aromatic rings. The minimum absolute atomic E-state index is 0.0827. The number of carbonyl (C=O) groups excluding carboxylic acids is 1. The Morgan fingerprint density at radius 1 is 1.14 bits per heavy atom. The zero-order chi connectivity index (χ0) is 19.8. The van der Waals surface area contributed by atoms with Crippen molar-refractivity contribution in [2.75, 3.05) is 19.9 Å². The van der Waals surface area contributed by atoms with E-state index in [0.717, 1.165) is 5.56 Å². The minimum atomic E-state index is -0.0827. The van der Waals surface area contributed by atoms with E-state index in [-0.39, 0.29) is 24.5 Å². The van der Waals surface area contributed by atoms with Gasteiger partial charge in [0.05, 0.1) is 5.92 Å². The maximum atomic E-state index is 12.5. The maximum Gasteiger partial charge on any atom is 0.232 e. The molecule has 148 valence electrons. The van der Waals surface area contributed by atoms with E-state index in [4.69, 9.17) is 14.0 Å². The molecular weight excluding hydrogens is 370 g/mol. The first-order valence-electron chi connectivity index (χ1n) is 9.74. The molecule has 0 bridgehead atoms. The van der Waals surface area contributed by atoms with Gasteiger partial charge in [-0.15, -0.1) is 0 Å². The molecule has 7 nitrogen and oxygen atoms in total. The van der Waals surface area contributed by atoms with Crippen LogP contribution in [0, 0.1) is 0 Å². The van der Waals surface area contributed by atoms with Crippen LogP contribution >= 0.6 is 0 Å². The van der Waals surface area contributed by atoms with Crippen LogP contribution in [0.1, 0.15) is 36.6 Å². The van der Waals surface area contributed by atoms with Crippen molar-refractivity contribution in [3.05, 3.63) is 60.0 Å². The number of aromatic nitrogens is 2. The Labute approximate surface area is 168 Å². The van der Waals surface area contributed by atoms with Crippen LogP contribution in [0.4, 0.5) is 0 Å². The number of fused-ring (bicyclic) bond motifs is 1. The third-order valence-electron chi connectivity index (χ3n) is 5.50. The molecule has 1 aromatic heterocycles. The lowest BCUT2D eigenvalue weighted by molar-refractivity contribution is -0.127. The summed E-state index contributed by atoms with van der Waals surface area (Å²) in [5.41, 5.74) is 2.02. The molecule has 0 aliphatic carbocycles. The SMILES string of the molecule is CC(CN1CC(c2nc(-c3ccc4c(c3)OCO4)no2)CC1=O)c1ccccc1. The van der Waals surface area contributed by atoms with Crippen molar-refractivity contribution in [1.82, 2.24) is 15.0 Å². The third kappa shape index (κ3) is 3.44. The highest BCUT2D eigenvalue weighted by molar-refractivity contribution is 5.79. The van der Waals surface area contributed by atoms with Gasteiger partial charge in [0.15, 0.2) is 11.5 Å². The van der Waals surface area contributed by atoms with Gasteiger partial charge in [-0.1, -0.05) is 42.4 Å². The molecule has 2 aliphatic rings. The lowest BCUT2D eigenvalue weighted by atomic mass is 10.0. The van der Waals surface area contributed by atoms with Crippen LogP contribution in [-0.2, 0) is 4.79 Å². The fraction of sp³-hybridized carbons (Fsp3) is 0.318. The fourth-order valence-corrected chi connectivity index (χ4v) is 3.89. The van der Waals surface area contributed by atoms with Crippen molar-refractivity contribution in [2.45, 2.75) is 25.2 Å². The number of nitrogens with zero attached hydrogens (tertiary/aromatic N) is 3. The van der Waals surface area contributed by atoms with Crippen molar-refractivity contribution < 1.29 is 18.8 Å². The molecule has 0 spiro atoms. The van der Waals surface area contributed by atoms with Gasteiger partial charge in [-0.2, -0.15) is 4.98 Å². The molecular formula is C22H21N3O4. The summed E-state index contributed by atoms with van der Waals surface area (Å²) in [6.07, 6.45) is 0.393. The molecule has 29 heavy (non-hydrogen) atoms. The summed E-state index contributed by atoms with van der Waals surface area (Å²) in [5, 5.41) is 4.10. The second-order valence-electron chi connectivity index (χ2n) is 7.54. The summed E-state index contributed by atoms with van der Waals surface area (Å²) < 4.78 is 16.2. The summed E-state index contributed by atoms with van der Waals surface area (Å²) in [6.45, 7) is 3.64. The van der Waals surface area contributed by atoms with Crippen LogP contribution < -0.4 is 9.47 Å². The molecule has 5 rings (SSSR count). The van der Waals surface area contributed by atoms with Crippen LogP contribution in [0.5, 0.6) is 11.5 Å². The van der Waals surface area contributed by atoms with Gasteiger partial charge in [0, 0.05) is 25.1 Å². The topological polar surface area (TPSA) is 77.7 Å². The number of hydrogen-bond acceptors (Lipinski definition) is 6. The maximum absolute atomic E-state index is 12.5. The van der Waals surface area contributed by atoms with Crippen LogP contribution in [0.3, 0.4) is 0 Å². The number of amides is 1. The molecule has 1 saturated heterocycles. The summed E-state index contributed by atoms with van der Waals surface area (Å²) in [6, 6.07) is 15.8. The van der Waals surface area contributed by atoms with E-state index < -0.39 is 0 Å². The second kappa shape index (κ2) is 7.24. The standard InChI is InChI=1S/C22H21N3O4/c1-14(15-5-3-2-4-6-15)11-25-12-17(10-20(25)26)22-23-21(24-29-22)16-7-8-18-19(9-16)28-13-27-18/h2-9,14,17H,10-13H2,1H3. The van der Waals surface area contributed by atoms with E-state index in [2.05, 4.69) is 29.2 Å². The van der Waals surface area contributed by atoms with Crippen LogP contribution in [0.2, 0.25) is 0 Å². The second-order valence-corrected chi connectivity index (χ2v) is 7.54. The Balaban J connectivity index is 1.28. The first kappa shape index (κ1) is 17.7. The molecule has 0 saturated carbocycles. The van der Waals surface area contributed by atoms with Gasteiger partial charge in [0.1, 0.15) is 0 Å². The predicted octanol–water partition coefficient (Wildman–Crippen LogP) is 3.58. The van der Waals surface area contributed by atoms with Crippen molar-refractivity contribution in [3.8, 4) is 22.9 Å². The van der Waals surface area contributed by atoms with Crippen LogP contribution in [0.15, 0.2) is 53.1 Å². The summed E-state index contributed by atoms with van der Waals surface area (Å²) in [7, 11) is 0. The van der Waals surface area contributed by atoms with Gasteiger partial charge in [-0.05, 0) is 29.7 Å². The largest absolute Gasteiger partial charge is 0.454 e. The highest BCUT2D eigenvalue weighted by Gasteiger charge is 2.35. The van der Waals surface area contributed by atoms with Gasteiger partial charge in [0.25, 0.3) is 0 Å². The number of likely N-dealkylation sites (tertiary alicyclic amines) is 1. The van der Waals surface area contributed by atoms with E-state index in [1.165, 1.54) is 5.56 Å². The number of benzene rings is 2. The fourth-order valence-electron chi connectivity index (χ4n) is 3.89. The van der Waals surface area contributed by atoms with E-state index in [1.807, 2.05) is 41.3 Å². The lowest BCUT2D eigenvalue weighted by Crippen LogP contribution is -2.29. The molecule has 2 aliphatic heterocycles. The Hall–Kier alpha value is -3.35. The first-order chi connectivity index (χ1) is 14.2. The Morgan fingerprint density at radius 3 is 2.83 bits per heavy atom. The normalized spacial score (nSPS) is 19.0. The number of ether oxygens (including phenoxy) is 2. The van der Waals surface area contributed by atoms with E-state index in [1.54, 1.807) is 0 Å². The average molecular weight is 391 g/mol. The molecule has 2 atom stereocenters. The monoisotopic (exact) mass is 391 g/mol. The zero-order valence-electron chi connectivity index (χ0n) is 16.1. The molecule has 2 aromatic carbocycles. The third-order valence-corrected chi connectivity index (χ3v) is 5.50. The van der Waals surface area contributed by atoms with Crippen molar-refractivity contribution in [2.24, 2.45) is 0 Å². The predicted molar refractivity (Wildman–Crippen MR) is 105 cm³/mol. The molecule has 1 amide bonds. The van der Waals surface area contributed by atoms with Gasteiger partial charge >= 0.3 is 0 Å². The summed E-state index contributed by atoms with van der Waals surface area (Å²) >= 11 is 0. The zero-order valence-corrected chi connectivity index (χ0v) is 16.1. The molecule has 3 heterocycles. The Bertz CT molecular complexity index is 1030. The first-order valence-corrected chi connectivity index (χ1v) is 9.74. The van der Waals surface area contributed by atoms with E-state index in [0.29, 0.717) is 42.7 Å². The van der Waals surface area contributed by atoms with Crippen molar-refractivity contribution in [1.29, 1.82) is 0 Å². The quantitative estimate of drug-likeness (QED) is 0.662. The smallest absolute Gasteiger partial charge is 0.232 e. The van der Waals surface area contributed by atoms with E-state index in [9.17, 15) is 4.79 Å². The van der Waals surface area contributed by atoms with Crippen LogP contribution in [-0.4, -0.2) is 40.8 Å².